The van der Waals surface area contributed by atoms with Crippen LogP contribution in [0, 0.1) is 15.5 Å². The lowest BCUT2D eigenvalue weighted by molar-refractivity contribution is -0.384. The van der Waals surface area contributed by atoms with E-state index in [1.54, 1.807) is 12.3 Å². The number of rotatable bonds is 12. The molecule has 74 heavy (non-hydrogen) atoms. The van der Waals surface area contributed by atoms with Crippen molar-refractivity contribution < 1.29 is 45.9 Å². The van der Waals surface area contributed by atoms with E-state index in [1.165, 1.54) is 5.56 Å². The molecule has 4 saturated heterocycles. The monoisotopic (exact) mass is 1040 g/mol. The Bertz CT molecular complexity index is 3100. The van der Waals surface area contributed by atoms with Gasteiger partial charge in [-0.15, -0.1) is 0 Å². The second-order valence-electron chi connectivity index (χ2n) is 21.5. The molecule has 3 aromatic carbocycles. The first-order valence-corrected chi connectivity index (χ1v) is 27.4. The number of nitrogens with zero attached hydrogens (tertiary/aromatic N) is 6. The lowest BCUT2D eigenvalue weighted by Gasteiger charge is -2.56. The van der Waals surface area contributed by atoms with E-state index in [2.05, 4.69) is 56.9 Å². The van der Waals surface area contributed by atoms with Gasteiger partial charge < -0.3 is 43.9 Å². The number of hydrogen-bond acceptors (Lipinski definition) is 15. The van der Waals surface area contributed by atoms with Crippen molar-refractivity contribution in [1.82, 2.24) is 24.5 Å². The number of nitrogens with one attached hydrogen (secondary N) is 3. The van der Waals surface area contributed by atoms with Crippen molar-refractivity contribution >= 4 is 55.4 Å². The Morgan fingerprint density at radius 1 is 0.973 bits per heavy atom. The summed E-state index contributed by atoms with van der Waals surface area (Å²) in [6, 6.07) is 19.7. The number of likely N-dealkylation sites (tertiary alicyclic amines) is 2. The van der Waals surface area contributed by atoms with Gasteiger partial charge in [-0.2, -0.15) is 4.98 Å². The van der Waals surface area contributed by atoms with E-state index in [0.29, 0.717) is 41.5 Å². The Morgan fingerprint density at radius 2 is 1.77 bits per heavy atom. The first-order chi connectivity index (χ1) is 35.6. The van der Waals surface area contributed by atoms with E-state index in [9.17, 15) is 32.1 Å². The van der Waals surface area contributed by atoms with Crippen LogP contribution in [0.3, 0.4) is 0 Å². The molecule has 5 fully saturated rings. The molecule has 5 aromatic rings. The van der Waals surface area contributed by atoms with Crippen molar-refractivity contribution in [3.8, 4) is 17.4 Å². The van der Waals surface area contributed by atoms with Crippen molar-refractivity contribution in [3.05, 3.63) is 94.2 Å². The number of amides is 1. The summed E-state index contributed by atoms with van der Waals surface area (Å²) in [7, 11) is -4.76. The fourth-order valence-electron chi connectivity index (χ4n) is 12.6. The normalized spacial score (nSPS) is 24.6. The third kappa shape index (κ3) is 9.12. The second-order valence-corrected chi connectivity index (χ2v) is 23.2. The zero-order valence-electron chi connectivity index (χ0n) is 41.4. The molecule has 3 N–H and O–H groups in total. The summed E-state index contributed by atoms with van der Waals surface area (Å²) < 4.78 is 83.2. The number of nitro groups is 1. The number of fused-ring (bicyclic) bond motifs is 4. The number of alkyl halides is 2. The maximum absolute atomic E-state index is 14.7. The number of pyridine rings is 1. The number of H-pyrrole nitrogens is 1. The number of halogens is 2. The fraction of sp³-hybridized carbons (Fsp3) is 0.509. The van der Waals surface area contributed by atoms with E-state index < -0.39 is 55.5 Å². The number of aromatic nitrogens is 2. The second kappa shape index (κ2) is 18.8. The highest BCUT2D eigenvalue weighted by Gasteiger charge is 2.51. The molecule has 392 valence electrons. The number of carbonyl (C=O) groups is 1. The lowest BCUT2D eigenvalue weighted by Crippen LogP contribution is -2.55. The molecule has 12 rings (SSSR count). The highest BCUT2D eigenvalue weighted by molar-refractivity contribution is 7.90. The number of benzene rings is 3. The predicted octanol–water partition coefficient (Wildman–Crippen LogP) is 8.17. The first-order valence-electron chi connectivity index (χ1n) is 25.9. The van der Waals surface area contributed by atoms with Crippen LogP contribution in [-0.2, 0) is 14.8 Å². The number of sulfonamides is 1. The Balaban J connectivity index is 0.809. The number of nitro benzene ring substituents is 1. The van der Waals surface area contributed by atoms with Gasteiger partial charge in [-0.3, -0.25) is 19.8 Å². The van der Waals surface area contributed by atoms with Crippen molar-refractivity contribution in [2.45, 2.75) is 112 Å². The van der Waals surface area contributed by atoms with E-state index in [4.69, 9.17) is 23.9 Å². The maximum Gasteiger partial charge on any atom is 0.297 e. The van der Waals surface area contributed by atoms with E-state index in [0.717, 1.165) is 87.1 Å². The molecule has 21 heteroatoms. The minimum atomic E-state index is -4.76. The molecular formula is C53H61F2N9O9S. The molecule has 2 aromatic heterocycles. The largest absolute Gasteiger partial charge is 0.491 e. The summed E-state index contributed by atoms with van der Waals surface area (Å²) in [4.78, 5) is 42.8. The molecular weight excluding hydrogens is 977 g/mol. The molecule has 0 radical (unpaired) electrons. The number of aromatic amines is 1. The topological polar surface area (TPSA) is 197 Å². The van der Waals surface area contributed by atoms with Crippen LogP contribution < -0.4 is 34.0 Å². The van der Waals surface area contributed by atoms with Gasteiger partial charge in [0.1, 0.15) is 29.8 Å². The maximum atomic E-state index is 14.7. The lowest BCUT2D eigenvalue weighted by atomic mass is 9.60. The summed E-state index contributed by atoms with van der Waals surface area (Å²) in [6.45, 7) is 7.97. The SMILES string of the molecule is CC(C)Oc1ccccc1[C@@H]1CCCN1C1CC2(CCN(c3ccc(C(=O)NS(=O)(=O)c4cc5c(c([N+](=O)[O-])c4)N[C@H](CN4CCC(F)(F)CC4)CO5)c(N4c5cc6cc[nH]c6nc5O[C@@H]5COC[C@H]54)c3)CC2)C1. The van der Waals surface area contributed by atoms with Gasteiger partial charge in [-0.25, -0.2) is 21.9 Å². The number of para-hydroxylation sites is 1. The van der Waals surface area contributed by atoms with E-state index >= 15 is 0 Å². The van der Waals surface area contributed by atoms with Gasteiger partial charge in [-0.1, -0.05) is 18.2 Å². The molecule has 8 heterocycles. The van der Waals surface area contributed by atoms with Crippen LogP contribution in [0.25, 0.3) is 11.0 Å². The van der Waals surface area contributed by atoms with Crippen LogP contribution in [0.4, 0.5) is 37.2 Å². The minimum Gasteiger partial charge on any atom is -0.491 e. The summed E-state index contributed by atoms with van der Waals surface area (Å²) in [5.74, 6) is -2.45. The van der Waals surface area contributed by atoms with Gasteiger partial charge in [0.25, 0.3) is 27.5 Å². The smallest absolute Gasteiger partial charge is 0.297 e. The number of piperidine rings is 2. The summed E-state index contributed by atoms with van der Waals surface area (Å²) >= 11 is 0. The van der Waals surface area contributed by atoms with Crippen LogP contribution >= 0.6 is 0 Å². The van der Waals surface area contributed by atoms with Crippen molar-refractivity contribution in [1.29, 1.82) is 0 Å². The molecule has 1 saturated carbocycles. The minimum absolute atomic E-state index is 0.00128. The van der Waals surface area contributed by atoms with Gasteiger partial charge in [0, 0.05) is 92.6 Å². The van der Waals surface area contributed by atoms with Crippen molar-refractivity contribution in [2.75, 3.05) is 74.2 Å². The average molecular weight is 1040 g/mol. The zero-order valence-corrected chi connectivity index (χ0v) is 42.3. The summed E-state index contributed by atoms with van der Waals surface area (Å²) in [6.07, 6.45) is 7.42. The number of ether oxygens (including phenoxy) is 4. The Labute approximate surface area is 427 Å². The van der Waals surface area contributed by atoms with Crippen LogP contribution in [0.1, 0.15) is 87.2 Å². The van der Waals surface area contributed by atoms with Crippen LogP contribution in [0.15, 0.2) is 77.8 Å². The van der Waals surface area contributed by atoms with Crippen LogP contribution in [0.5, 0.6) is 17.4 Å². The van der Waals surface area contributed by atoms with E-state index in [-0.39, 0.29) is 74.3 Å². The summed E-state index contributed by atoms with van der Waals surface area (Å²) in [5.41, 5.74) is 3.45. The Morgan fingerprint density at radius 3 is 2.55 bits per heavy atom. The summed E-state index contributed by atoms with van der Waals surface area (Å²) in [5, 5.41) is 16.4. The van der Waals surface area contributed by atoms with Gasteiger partial charge in [0.15, 0.2) is 11.4 Å². The van der Waals surface area contributed by atoms with Crippen LogP contribution in [0.2, 0.25) is 0 Å². The van der Waals surface area contributed by atoms with Crippen molar-refractivity contribution in [2.24, 2.45) is 5.41 Å². The highest BCUT2D eigenvalue weighted by atomic mass is 32.2. The van der Waals surface area contributed by atoms with Crippen LogP contribution in [-0.4, -0.2) is 134 Å². The Kier molecular flexibility index (Phi) is 12.4. The molecule has 0 unspecified atom stereocenters. The van der Waals surface area contributed by atoms with Gasteiger partial charge in [-0.05, 0) is 101 Å². The molecule has 7 aliphatic rings. The molecule has 1 amide bonds. The molecule has 0 bridgehead atoms. The first kappa shape index (κ1) is 48.6. The third-order valence-electron chi connectivity index (χ3n) is 16.4. The van der Waals surface area contributed by atoms with Gasteiger partial charge >= 0.3 is 0 Å². The molecule has 4 atom stereocenters. The number of anilines is 4. The number of hydrogen-bond donors (Lipinski definition) is 3. The highest BCUT2D eigenvalue weighted by Crippen LogP contribution is 2.55. The molecule has 18 nitrogen and oxygen atoms in total. The average Bonchev–Trinajstić information content (AvgIpc) is 4.17. The van der Waals surface area contributed by atoms with E-state index in [1.807, 2.05) is 40.1 Å². The molecule has 1 aliphatic carbocycles. The molecule has 1 spiro atoms. The fourth-order valence-corrected chi connectivity index (χ4v) is 13.6. The standard InChI is InChI=1S/C53H61F2N9O9S/c1-32(2)72-45-8-4-3-6-38(45)40-7-5-17-62(40)36-26-52(27-36)12-20-61(21-13-52)35-9-10-39(41(23-35)63-43-22-33-11-16-56-49(33)58-51(43)73-47-31-70-30-44(47)63)50(65)59-74(68,69)37-24-42(64(66)67)48-46(25-37)71-29-34(57-48)28-60-18-14-53(54,55)15-19-60/h3-4,6,8-11,16,22-25,32,34,36,40,44,47,57H,5,7,12-15,17-21,26-31H2,1-2H3,(H,56,58)(H,59,65)/t34-,40+,44-,47-/m1/s1. The van der Waals surface area contributed by atoms with Gasteiger partial charge in [0.2, 0.25) is 5.88 Å². The predicted molar refractivity (Wildman–Crippen MR) is 273 cm³/mol. The zero-order chi connectivity index (χ0) is 51.1. The molecule has 6 aliphatic heterocycles. The van der Waals surface area contributed by atoms with Crippen molar-refractivity contribution in [3.63, 3.8) is 0 Å². The van der Waals surface area contributed by atoms with Gasteiger partial charge in [0.05, 0.1) is 52.5 Å². The quantitative estimate of drug-likeness (QED) is 0.0799. The third-order valence-corrected chi connectivity index (χ3v) is 17.7. The number of carbonyl (C=O) groups excluding carboxylic acids is 1. The Hall–Kier alpha value is -6.29.